The van der Waals surface area contributed by atoms with E-state index in [-0.39, 0.29) is 12.2 Å². The van der Waals surface area contributed by atoms with Gasteiger partial charge in [-0.3, -0.25) is 0 Å². The van der Waals surface area contributed by atoms with Crippen molar-refractivity contribution < 1.29 is 17.9 Å². The SMILES string of the molecule is Cc1ncc(OCc2cccc(C#N)c2)c(N[C@H](C)c2cccc(C(F)F)c2F)n1. The Morgan fingerprint density at radius 3 is 2.63 bits per heavy atom. The Hall–Kier alpha value is -3.60. The normalized spacial score (nSPS) is 11.8. The maximum Gasteiger partial charge on any atom is 0.266 e. The first-order valence-corrected chi connectivity index (χ1v) is 9.17. The summed E-state index contributed by atoms with van der Waals surface area (Å²) in [5, 5.41) is 12.0. The molecule has 0 saturated carbocycles. The molecule has 0 spiro atoms. The van der Waals surface area contributed by atoms with Gasteiger partial charge in [0.25, 0.3) is 6.43 Å². The van der Waals surface area contributed by atoms with Crippen LogP contribution in [-0.4, -0.2) is 9.97 Å². The first-order valence-electron chi connectivity index (χ1n) is 9.17. The largest absolute Gasteiger partial charge is 0.483 e. The minimum atomic E-state index is -2.90. The zero-order chi connectivity index (χ0) is 21.7. The first kappa shape index (κ1) is 21.1. The number of benzene rings is 2. The summed E-state index contributed by atoms with van der Waals surface area (Å²) < 4.78 is 46.3. The number of aromatic nitrogens is 2. The molecule has 0 unspecified atom stereocenters. The van der Waals surface area contributed by atoms with Crippen molar-refractivity contribution in [3.8, 4) is 11.8 Å². The minimum Gasteiger partial charge on any atom is -0.483 e. The third-order valence-electron chi connectivity index (χ3n) is 4.44. The Kier molecular flexibility index (Phi) is 6.52. The Bertz CT molecular complexity index is 1080. The summed E-state index contributed by atoms with van der Waals surface area (Å²) >= 11 is 0. The molecule has 0 saturated heterocycles. The van der Waals surface area contributed by atoms with Crippen molar-refractivity contribution in [2.75, 3.05) is 5.32 Å². The van der Waals surface area contributed by atoms with Crippen molar-refractivity contribution in [3.05, 3.63) is 82.6 Å². The van der Waals surface area contributed by atoms with Gasteiger partial charge in [0.15, 0.2) is 11.6 Å². The van der Waals surface area contributed by atoms with Gasteiger partial charge < -0.3 is 10.1 Å². The number of hydrogen-bond acceptors (Lipinski definition) is 5. The predicted molar refractivity (Wildman–Crippen MR) is 106 cm³/mol. The molecule has 0 bridgehead atoms. The van der Waals surface area contributed by atoms with Gasteiger partial charge in [0.05, 0.1) is 29.4 Å². The Morgan fingerprint density at radius 2 is 1.90 bits per heavy atom. The van der Waals surface area contributed by atoms with Crippen LogP contribution < -0.4 is 10.1 Å². The molecule has 1 N–H and O–H groups in total. The molecular weight excluding hydrogens is 393 g/mol. The molecule has 0 aliphatic heterocycles. The van der Waals surface area contributed by atoms with Crippen molar-refractivity contribution in [1.29, 1.82) is 5.26 Å². The summed E-state index contributed by atoms with van der Waals surface area (Å²) in [6.45, 7) is 3.50. The molecule has 30 heavy (non-hydrogen) atoms. The molecule has 0 aliphatic carbocycles. The molecular formula is C22H19F3N4O. The van der Waals surface area contributed by atoms with Gasteiger partial charge in [-0.05, 0) is 31.5 Å². The second kappa shape index (κ2) is 9.27. The van der Waals surface area contributed by atoms with Crippen LogP contribution in [0.4, 0.5) is 19.0 Å². The summed E-state index contributed by atoms with van der Waals surface area (Å²) in [6.07, 6.45) is -1.42. The van der Waals surface area contributed by atoms with Gasteiger partial charge in [0.1, 0.15) is 18.2 Å². The van der Waals surface area contributed by atoms with Crippen LogP contribution in [0.25, 0.3) is 0 Å². The molecule has 3 aromatic rings. The fraction of sp³-hybridized carbons (Fsp3) is 0.227. The van der Waals surface area contributed by atoms with Crippen molar-refractivity contribution in [2.24, 2.45) is 0 Å². The highest BCUT2D eigenvalue weighted by Crippen LogP contribution is 2.31. The molecule has 1 aromatic heterocycles. The Balaban J connectivity index is 1.82. The van der Waals surface area contributed by atoms with Crippen LogP contribution in [0.15, 0.2) is 48.7 Å². The number of ether oxygens (including phenoxy) is 1. The molecule has 1 atom stereocenters. The highest BCUT2D eigenvalue weighted by atomic mass is 19.3. The second-order valence-corrected chi connectivity index (χ2v) is 6.65. The number of anilines is 1. The molecule has 0 amide bonds. The van der Waals surface area contributed by atoms with Crippen LogP contribution >= 0.6 is 0 Å². The summed E-state index contributed by atoms with van der Waals surface area (Å²) in [5.41, 5.74) is 0.743. The van der Waals surface area contributed by atoms with Crippen LogP contribution in [0.2, 0.25) is 0 Å². The predicted octanol–water partition coefficient (Wildman–Crippen LogP) is 5.49. The average Bonchev–Trinajstić information content (AvgIpc) is 2.73. The minimum absolute atomic E-state index is 0.0942. The van der Waals surface area contributed by atoms with Crippen LogP contribution in [0.1, 0.15) is 47.5 Å². The number of nitrogens with one attached hydrogen (secondary N) is 1. The average molecular weight is 412 g/mol. The molecule has 154 valence electrons. The van der Waals surface area contributed by atoms with E-state index in [2.05, 4.69) is 21.4 Å². The van der Waals surface area contributed by atoms with Crippen LogP contribution in [0.5, 0.6) is 5.75 Å². The highest BCUT2D eigenvalue weighted by Gasteiger charge is 2.20. The van der Waals surface area contributed by atoms with Gasteiger partial charge in [-0.1, -0.05) is 30.3 Å². The molecule has 1 heterocycles. The lowest BCUT2D eigenvalue weighted by atomic mass is 10.0. The smallest absolute Gasteiger partial charge is 0.266 e. The van der Waals surface area contributed by atoms with Gasteiger partial charge in [-0.2, -0.15) is 5.26 Å². The number of nitrogens with zero attached hydrogens (tertiary/aromatic N) is 3. The highest BCUT2D eigenvalue weighted by molar-refractivity contribution is 5.51. The fourth-order valence-corrected chi connectivity index (χ4v) is 2.91. The summed E-state index contributed by atoms with van der Waals surface area (Å²) in [5.74, 6) is 0.146. The van der Waals surface area contributed by atoms with Crippen molar-refractivity contribution >= 4 is 5.82 Å². The molecule has 2 aromatic carbocycles. The summed E-state index contributed by atoms with van der Waals surface area (Å²) in [6, 6.07) is 12.3. The lowest BCUT2D eigenvalue weighted by molar-refractivity contribution is 0.146. The van der Waals surface area contributed by atoms with Gasteiger partial charge in [-0.25, -0.2) is 23.1 Å². The molecule has 5 nitrogen and oxygen atoms in total. The molecule has 0 fully saturated rings. The van der Waals surface area contributed by atoms with Crippen molar-refractivity contribution in [3.63, 3.8) is 0 Å². The number of nitriles is 1. The van der Waals surface area contributed by atoms with Crippen molar-refractivity contribution in [1.82, 2.24) is 9.97 Å². The maximum atomic E-state index is 14.5. The fourth-order valence-electron chi connectivity index (χ4n) is 2.91. The van der Waals surface area contributed by atoms with Gasteiger partial charge in [-0.15, -0.1) is 0 Å². The standard InChI is InChI=1S/C22H19F3N4O/c1-13(17-7-4-8-18(20(17)23)21(24)25)28-22-19(11-27-14(2)29-22)30-12-16-6-3-5-15(9-16)10-26/h3-9,11,13,21H,12H2,1-2H3,(H,27,28,29)/t13-/m1/s1. The third-order valence-corrected chi connectivity index (χ3v) is 4.44. The van der Waals surface area contributed by atoms with E-state index in [1.54, 1.807) is 32.0 Å². The monoisotopic (exact) mass is 412 g/mol. The zero-order valence-corrected chi connectivity index (χ0v) is 16.4. The topological polar surface area (TPSA) is 70.8 Å². The van der Waals surface area contributed by atoms with Gasteiger partial charge >= 0.3 is 0 Å². The lowest BCUT2D eigenvalue weighted by Gasteiger charge is -2.19. The Morgan fingerprint density at radius 1 is 1.17 bits per heavy atom. The van der Waals surface area contributed by atoms with Crippen LogP contribution in [-0.2, 0) is 6.61 Å². The lowest BCUT2D eigenvalue weighted by Crippen LogP contribution is -2.13. The van der Waals surface area contributed by atoms with E-state index in [0.29, 0.717) is 23.0 Å². The number of alkyl halides is 2. The van der Waals surface area contributed by atoms with E-state index in [4.69, 9.17) is 10.00 Å². The molecule has 8 heteroatoms. The maximum absolute atomic E-state index is 14.5. The van der Waals surface area contributed by atoms with E-state index in [1.807, 2.05) is 6.07 Å². The van der Waals surface area contributed by atoms with Gasteiger partial charge in [0, 0.05) is 5.56 Å². The van der Waals surface area contributed by atoms with E-state index >= 15 is 0 Å². The number of hydrogen-bond donors (Lipinski definition) is 1. The third kappa shape index (κ3) is 4.87. The van der Waals surface area contributed by atoms with E-state index in [9.17, 15) is 13.2 Å². The van der Waals surface area contributed by atoms with E-state index in [1.165, 1.54) is 18.3 Å². The second-order valence-electron chi connectivity index (χ2n) is 6.65. The quantitative estimate of drug-likeness (QED) is 0.556. The number of rotatable bonds is 7. The molecule has 0 aliphatic rings. The van der Waals surface area contributed by atoms with Gasteiger partial charge in [0.2, 0.25) is 0 Å². The molecule has 0 radical (unpaired) electrons. The zero-order valence-electron chi connectivity index (χ0n) is 16.4. The van der Waals surface area contributed by atoms with Crippen LogP contribution in [0.3, 0.4) is 0 Å². The van der Waals surface area contributed by atoms with E-state index in [0.717, 1.165) is 11.6 Å². The number of aryl methyl sites for hydroxylation is 1. The summed E-state index contributed by atoms with van der Waals surface area (Å²) in [7, 11) is 0. The van der Waals surface area contributed by atoms with Crippen LogP contribution in [0, 0.1) is 24.1 Å². The summed E-state index contributed by atoms with van der Waals surface area (Å²) in [4.78, 5) is 8.42. The van der Waals surface area contributed by atoms with E-state index < -0.39 is 23.8 Å². The van der Waals surface area contributed by atoms with Crippen molar-refractivity contribution in [2.45, 2.75) is 32.9 Å². The first-order chi connectivity index (χ1) is 14.4. The Labute approximate surface area is 172 Å². The molecule has 3 rings (SSSR count). The number of halogens is 3.